The number of unbranched alkanes of at least 4 members (excludes halogenated alkanes) is 1. The highest BCUT2D eigenvalue weighted by molar-refractivity contribution is 5.66. The van der Waals surface area contributed by atoms with Gasteiger partial charge < -0.3 is 9.15 Å². The fourth-order valence-electron chi connectivity index (χ4n) is 6.47. The molecular formula is C44H37F3N4O2. The van der Waals surface area contributed by atoms with Gasteiger partial charge in [0.2, 0.25) is 5.89 Å². The summed E-state index contributed by atoms with van der Waals surface area (Å²) in [6, 6.07) is 44.3. The first-order valence-electron chi connectivity index (χ1n) is 17.5. The Bertz CT molecular complexity index is 2120. The molecule has 0 bridgehead atoms. The molecule has 0 atom stereocenters. The number of hydrogen-bond acceptors (Lipinski definition) is 5. The van der Waals surface area contributed by atoms with Crippen molar-refractivity contribution >= 4 is 12.2 Å². The summed E-state index contributed by atoms with van der Waals surface area (Å²) < 4.78 is 51.8. The van der Waals surface area contributed by atoms with Gasteiger partial charge in [0.15, 0.2) is 0 Å². The lowest BCUT2D eigenvalue weighted by Gasteiger charge is -2.35. The molecule has 0 unspecified atom stereocenters. The summed E-state index contributed by atoms with van der Waals surface area (Å²) in [7, 11) is 0. The van der Waals surface area contributed by atoms with Gasteiger partial charge in [0.05, 0.1) is 17.5 Å². The molecule has 0 aliphatic rings. The van der Waals surface area contributed by atoms with Crippen LogP contribution in [-0.4, -0.2) is 20.0 Å². The van der Waals surface area contributed by atoms with Crippen molar-refractivity contribution in [2.75, 3.05) is 0 Å². The van der Waals surface area contributed by atoms with Crippen molar-refractivity contribution in [3.8, 4) is 5.75 Å². The Hall–Kier alpha value is -6.22. The van der Waals surface area contributed by atoms with E-state index >= 15 is 0 Å². The summed E-state index contributed by atoms with van der Waals surface area (Å²) in [5.41, 5.74) is 5.34. The van der Waals surface area contributed by atoms with Gasteiger partial charge in [0.25, 0.3) is 0 Å². The molecule has 6 nitrogen and oxygen atoms in total. The molecule has 53 heavy (non-hydrogen) atoms. The van der Waals surface area contributed by atoms with Gasteiger partial charge >= 0.3 is 6.18 Å². The third-order valence-electron chi connectivity index (χ3n) is 9.14. The molecule has 7 aromatic rings. The molecule has 0 radical (unpaired) electrons. The van der Waals surface area contributed by atoms with Crippen molar-refractivity contribution in [3.05, 3.63) is 203 Å². The van der Waals surface area contributed by atoms with Crippen molar-refractivity contribution in [2.24, 2.45) is 0 Å². The van der Waals surface area contributed by atoms with Crippen LogP contribution < -0.4 is 4.74 Å². The van der Waals surface area contributed by atoms with Crippen molar-refractivity contribution < 1.29 is 22.3 Å². The molecule has 2 aromatic heterocycles. The maximum absolute atomic E-state index is 12.8. The minimum Gasteiger partial charge on any atom is -0.487 e. The first kappa shape index (κ1) is 35.2. The summed E-state index contributed by atoms with van der Waals surface area (Å²) in [6.45, 7) is 0.220. The third kappa shape index (κ3) is 8.31. The predicted octanol–water partition coefficient (Wildman–Crippen LogP) is 10.4. The number of halogens is 3. The summed E-state index contributed by atoms with van der Waals surface area (Å²) in [6.07, 6.45) is 6.18. The van der Waals surface area contributed by atoms with Gasteiger partial charge in [-0.15, -0.1) is 5.10 Å². The van der Waals surface area contributed by atoms with Crippen LogP contribution >= 0.6 is 0 Å². The standard InChI is InChI=1S/C44H37F3N4O2/c45-44(46,47)38-25-20-34(21-26-38)24-29-42-48-40(32-53-42)31-52-41-27-22-33(23-28-41)12-10-11-19-39-30-51(50-49-39)43(35-13-4-1-5-14-35,36-15-6-2-7-16-36)37-17-8-3-9-18-37/h1-9,13-18,20-30,32H,10-12,19,31H2/b29-24+. The molecule has 0 saturated carbocycles. The van der Waals surface area contributed by atoms with Crippen LogP contribution in [0.1, 0.15) is 63.5 Å². The number of hydrogen-bond donors (Lipinski definition) is 0. The summed E-state index contributed by atoms with van der Waals surface area (Å²) in [5, 5.41) is 9.39. The molecule has 7 rings (SSSR count). The predicted molar refractivity (Wildman–Crippen MR) is 199 cm³/mol. The van der Waals surface area contributed by atoms with Crippen LogP contribution in [0, 0.1) is 0 Å². The van der Waals surface area contributed by atoms with E-state index in [9.17, 15) is 13.2 Å². The Kier molecular flexibility index (Phi) is 10.6. The number of alkyl halides is 3. The van der Waals surface area contributed by atoms with Gasteiger partial charge in [-0.1, -0.05) is 120 Å². The van der Waals surface area contributed by atoms with Crippen molar-refractivity contribution in [3.63, 3.8) is 0 Å². The third-order valence-corrected chi connectivity index (χ3v) is 9.14. The van der Waals surface area contributed by atoms with E-state index in [2.05, 4.69) is 101 Å². The topological polar surface area (TPSA) is 66.0 Å². The molecular weight excluding hydrogens is 674 g/mol. The smallest absolute Gasteiger partial charge is 0.416 e. The number of nitrogens with zero attached hydrogens (tertiary/aromatic N) is 4. The van der Waals surface area contributed by atoms with Crippen molar-refractivity contribution in [1.82, 2.24) is 20.0 Å². The molecule has 0 spiro atoms. The number of benzene rings is 5. The van der Waals surface area contributed by atoms with Gasteiger partial charge in [-0.05, 0) is 83.8 Å². The summed E-state index contributed by atoms with van der Waals surface area (Å²) in [4.78, 5) is 4.38. The maximum atomic E-state index is 12.8. The van der Waals surface area contributed by atoms with E-state index in [0.29, 0.717) is 22.9 Å². The number of ether oxygens (including phenoxy) is 1. The average molecular weight is 711 g/mol. The van der Waals surface area contributed by atoms with E-state index in [1.807, 2.05) is 35.0 Å². The molecule has 266 valence electrons. The lowest BCUT2D eigenvalue weighted by atomic mass is 9.77. The van der Waals surface area contributed by atoms with Crippen molar-refractivity contribution in [2.45, 2.75) is 44.0 Å². The minimum absolute atomic E-state index is 0.220. The van der Waals surface area contributed by atoms with E-state index in [1.54, 1.807) is 12.2 Å². The highest BCUT2D eigenvalue weighted by Crippen LogP contribution is 2.40. The summed E-state index contributed by atoms with van der Waals surface area (Å²) >= 11 is 0. The lowest BCUT2D eigenvalue weighted by molar-refractivity contribution is -0.137. The Morgan fingerprint density at radius 2 is 1.21 bits per heavy atom. The number of rotatable bonds is 14. The van der Waals surface area contributed by atoms with Gasteiger partial charge in [-0.3, -0.25) is 0 Å². The van der Waals surface area contributed by atoms with Crippen molar-refractivity contribution in [1.29, 1.82) is 0 Å². The number of aromatic nitrogens is 4. The van der Waals surface area contributed by atoms with E-state index in [0.717, 1.165) is 60.2 Å². The number of aryl methyl sites for hydroxylation is 2. The molecule has 9 heteroatoms. The zero-order chi connectivity index (χ0) is 36.5. The second-order valence-electron chi connectivity index (χ2n) is 12.7. The quantitative estimate of drug-likeness (QED) is 0.0830. The van der Waals surface area contributed by atoms with Gasteiger partial charge in [0.1, 0.15) is 29.9 Å². The largest absolute Gasteiger partial charge is 0.487 e. The molecule has 0 aliphatic heterocycles. The maximum Gasteiger partial charge on any atom is 0.416 e. The van der Waals surface area contributed by atoms with Crippen LogP contribution in [0.15, 0.2) is 156 Å². The SMILES string of the molecule is FC(F)(F)c1ccc(/C=C/c2nc(COc3ccc(CCCCc4cn(C(c5ccccc5)(c5ccccc5)c5ccccc5)nn4)cc3)co2)cc1. The first-order valence-corrected chi connectivity index (χ1v) is 17.5. The number of oxazole rings is 1. The second-order valence-corrected chi connectivity index (χ2v) is 12.7. The highest BCUT2D eigenvalue weighted by Gasteiger charge is 2.39. The Balaban J connectivity index is 0.927. The molecule has 0 aliphatic carbocycles. The van der Waals surface area contributed by atoms with E-state index < -0.39 is 17.3 Å². The van der Waals surface area contributed by atoms with Crippen LogP contribution in [0.25, 0.3) is 12.2 Å². The van der Waals surface area contributed by atoms with Crippen LogP contribution in [0.5, 0.6) is 5.75 Å². The van der Waals surface area contributed by atoms with Crippen LogP contribution in [0.2, 0.25) is 0 Å². The molecule has 2 heterocycles. The van der Waals surface area contributed by atoms with E-state index in [-0.39, 0.29) is 6.61 Å². The molecule has 0 N–H and O–H groups in total. The fraction of sp³-hybridized carbons (Fsp3) is 0.159. The Morgan fingerprint density at radius 3 is 1.79 bits per heavy atom. The van der Waals surface area contributed by atoms with Gasteiger partial charge in [-0.2, -0.15) is 13.2 Å². The highest BCUT2D eigenvalue weighted by atomic mass is 19.4. The molecule has 0 amide bonds. The normalized spacial score (nSPS) is 12.0. The summed E-state index contributed by atoms with van der Waals surface area (Å²) in [5.74, 6) is 1.05. The van der Waals surface area contributed by atoms with Gasteiger partial charge in [-0.25, -0.2) is 9.67 Å². The van der Waals surface area contributed by atoms with Crippen LogP contribution in [-0.2, 0) is 31.2 Å². The Morgan fingerprint density at radius 1 is 0.623 bits per heavy atom. The van der Waals surface area contributed by atoms with E-state index in [1.165, 1.54) is 24.0 Å². The monoisotopic (exact) mass is 710 g/mol. The minimum atomic E-state index is -4.37. The van der Waals surface area contributed by atoms with Crippen LogP contribution in [0.4, 0.5) is 13.2 Å². The zero-order valence-electron chi connectivity index (χ0n) is 28.9. The van der Waals surface area contributed by atoms with Gasteiger partial charge in [0, 0.05) is 6.08 Å². The van der Waals surface area contributed by atoms with Crippen LogP contribution in [0.3, 0.4) is 0 Å². The van der Waals surface area contributed by atoms with E-state index in [4.69, 9.17) is 14.4 Å². The molecule has 0 saturated heterocycles. The molecule has 0 fully saturated rings. The average Bonchev–Trinajstić information content (AvgIpc) is 3.87. The zero-order valence-corrected chi connectivity index (χ0v) is 28.9. The second kappa shape index (κ2) is 16.0. The fourth-order valence-corrected chi connectivity index (χ4v) is 6.47. The molecule has 5 aromatic carbocycles. The Labute approximate surface area is 306 Å². The lowest BCUT2D eigenvalue weighted by Crippen LogP contribution is -2.38. The first-order chi connectivity index (χ1) is 25.9.